The van der Waals surface area contributed by atoms with Crippen molar-refractivity contribution < 1.29 is 8.42 Å². The lowest BCUT2D eigenvalue weighted by atomic mass is 10.0. The fraction of sp³-hybridized carbons (Fsp3) is 0. The van der Waals surface area contributed by atoms with Gasteiger partial charge in [-0.05, 0) is 47.5 Å². The molecule has 7 heteroatoms. The van der Waals surface area contributed by atoms with Crippen molar-refractivity contribution in [2.75, 3.05) is 0 Å². The molecule has 4 rings (SSSR count). The average molecular weight is 377 g/mol. The second-order valence-electron chi connectivity index (χ2n) is 6.08. The molecule has 134 valence electrons. The number of nitrogens with zero attached hydrogens (tertiary/aromatic N) is 1. The van der Waals surface area contributed by atoms with E-state index in [0.717, 1.165) is 11.1 Å². The maximum atomic E-state index is 12.6. The first-order chi connectivity index (χ1) is 12.9. The molecule has 0 radical (unpaired) electrons. The number of fused-ring (bicyclic) bond motifs is 1. The molecule has 0 bridgehead atoms. The molecular weight excluding hydrogens is 362 g/mol. The van der Waals surface area contributed by atoms with Crippen molar-refractivity contribution in [3.63, 3.8) is 0 Å². The van der Waals surface area contributed by atoms with E-state index in [1.807, 2.05) is 42.5 Å². The van der Waals surface area contributed by atoms with Gasteiger partial charge in [-0.3, -0.25) is 4.79 Å². The minimum atomic E-state index is -3.77. The zero-order chi connectivity index (χ0) is 19.0. The summed E-state index contributed by atoms with van der Waals surface area (Å²) in [5, 5.41) is 5.59. The van der Waals surface area contributed by atoms with Crippen molar-refractivity contribution in [1.82, 2.24) is 9.97 Å². The number of aromatic amines is 1. The number of primary sulfonamides is 1. The largest absolute Gasteiger partial charge is 0.306 e. The molecule has 0 fully saturated rings. The van der Waals surface area contributed by atoms with E-state index in [0.29, 0.717) is 22.3 Å². The summed E-state index contributed by atoms with van der Waals surface area (Å²) < 4.78 is 22.7. The molecule has 0 spiro atoms. The number of hydrogen-bond donors (Lipinski definition) is 2. The number of nitrogens with two attached hydrogens (primary N) is 1. The quantitative estimate of drug-likeness (QED) is 0.572. The van der Waals surface area contributed by atoms with Gasteiger partial charge in [-0.25, -0.2) is 18.5 Å². The molecule has 0 aliphatic heterocycles. The Kier molecular flexibility index (Phi) is 4.10. The third-order valence-corrected chi connectivity index (χ3v) is 5.20. The summed E-state index contributed by atoms with van der Waals surface area (Å²) in [5.41, 5.74) is 2.84. The molecule has 0 amide bonds. The van der Waals surface area contributed by atoms with Gasteiger partial charge in [-0.15, -0.1) is 0 Å². The molecule has 1 aromatic heterocycles. The van der Waals surface area contributed by atoms with Crippen molar-refractivity contribution in [3.8, 4) is 22.5 Å². The van der Waals surface area contributed by atoms with E-state index in [2.05, 4.69) is 9.97 Å². The lowest BCUT2D eigenvalue weighted by Crippen LogP contribution is -2.12. The SMILES string of the molecule is NS(=O)(=O)c1ccc(-c2nc3ccc(-c4ccccc4)cc3c(=O)[nH]2)cc1. The fourth-order valence-electron chi connectivity index (χ4n) is 2.89. The second kappa shape index (κ2) is 6.46. The van der Waals surface area contributed by atoms with E-state index in [9.17, 15) is 13.2 Å². The van der Waals surface area contributed by atoms with Crippen LogP contribution < -0.4 is 10.7 Å². The number of H-pyrrole nitrogens is 1. The second-order valence-corrected chi connectivity index (χ2v) is 7.64. The molecule has 0 aliphatic rings. The Hall–Kier alpha value is -3.29. The smallest absolute Gasteiger partial charge is 0.259 e. The summed E-state index contributed by atoms with van der Waals surface area (Å²) in [6.07, 6.45) is 0. The Bertz CT molecular complexity index is 1300. The van der Waals surface area contributed by atoms with Crippen molar-refractivity contribution in [1.29, 1.82) is 0 Å². The van der Waals surface area contributed by atoms with E-state index < -0.39 is 10.0 Å². The number of rotatable bonds is 3. The third-order valence-electron chi connectivity index (χ3n) is 4.27. The first kappa shape index (κ1) is 17.1. The molecule has 0 unspecified atom stereocenters. The molecule has 0 saturated heterocycles. The van der Waals surface area contributed by atoms with Crippen LogP contribution in [0.15, 0.2) is 82.5 Å². The zero-order valence-electron chi connectivity index (χ0n) is 14.1. The molecule has 27 heavy (non-hydrogen) atoms. The summed E-state index contributed by atoms with van der Waals surface area (Å²) in [6.45, 7) is 0. The van der Waals surface area contributed by atoms with Gasteiger partial charge in [0.15, 0.2) is 0 Å². The molecule has 4 aromatic rings. The minimum absolute atomic E-state index is 0.00175. The van der Waals surface area contributed by atoms with Gasteiger partial charge >= 0.3 is 0 Å². The molecule has 3 N–H and O–H groups in total. The first-order valence-corrected chi connectivity index (χ1v) is 9.69. The van der Waals surface area contributed by atoms with Crippen molar-refractivity contribution in [3.05, 3.63) is 83.2 Å². The molecule has 0 atom stereocenters. The van der Waals surface area contributed by atoms with Gasteiger partial charge in [-0.1, -0.05) is 36.4 Å². The van der Waals surface area contributed by atoms with Crippen LogP contribution in [0.3, 0.4) is 0 Å². The number of nitrogens with one attached hydrogen (secondary N) is 1. The average Bonchev–Trinajstić information content (AvgIpc) is 2.68. The van der Waals surface area contributed by atoms with Gasteiger partial charge < -0.3 is 4.98 Å². The van der Waals surface area contributed by atoms with Crippen LogP contribution in [0.25, 0.3) is 33.4 Å². The molecule has 6 nitrogen and oxygen atoms in total. The van der Waals surface area contributed by atoms with Crippen LogP contribution in [-0.2, 0) is 10.0 Å². The Balaban J connectivity index is 1.80. The predicted octanol–water partition coefficient (Wildman–Crippen LogP) is 2.90. The fourth-order valence-corrected chi connectivity index (χ4v) is 3.40. The molecule has 3 aromatic carbocycles. The summed E-state index contributed by atoms with van der Waals surface area (Å²) >= 11 is 0. The highest BCUT2D eigenvalue weighted by Gasteiger charge is 2.10. The van der Waals surface area contributed by atoms with Gasteiger partial charge in [0.05, 0.1) is 15.8 Å². The Morgan fingerprint density at radius 3 is 2.15 bits per heavy atom. The van der Waals surface area contributed by atoms with Gasteiger partial charge in [0.2, 0.25) is 10.0 Å². The van der Waals surface area contributed by atoms with Crippen LogP contribution in [0.1, 0.15) is 0 Å². The van der Waals surface area contributed by atoms with Crippen molar-refractivity contribution in [2.45, 2.75) is 4.90 Å². The van der Waals surface area contributed by atoms with Crippen molar-refractivity contribution in [2.24, 2.45) is 5.14 Å². The lowest BCUT2D eigenvalue weighted by Gasteiger charge is -2.06. The van der Waals surface area contributed by atoms with Crippen LogP contribution in [-0.4, -0.2) is 18.4 Å². The van der Waals surface area contributed by atoms with Crippen LogP contribution >= 0.6 is 0 Å². The number of aromatic nitrogens is 2. The summed E-state index contributed by atoms with van der Waals surface area (Å²) in [5.74, 6) is 0.362. The predicted molar refractivity (Wildman–Crippen MR) is 105 cm³/mol. The molecule has 0 aliphatic carbocycles. The number of hydrogen-bond acceptors (Lipinski definition) is 4. The Morgan fingerprint density at radius 2 is 1.48 bits per heavy atom. The topological polar surface area (TPSA) is 106 Å². The van der Waals surface area contributed by atoms with Gasteiger partial charge in [0, 0.05) is 5.56 Å². The van der Waals surface area contributed by atoms with E-state index in [1.165, 1.54) is 12.1 Å². The molecule has 0 saturated carbocycles. The highest BCUT2D eigenvalue weighted by molar-refractivity contribution is 7.89. The zero-order valence-corrected chi connectivity index (χ0v) is 14.9. The Labute approximate surface area is 155 Å². The standard InChI is InChI=1S/C20H15N3O3S/c21-27(25,26)16-9-6-14(7-10-16)19-22-18-11-8-15(12-17(18)20(24)23-19)13-4-2-1-3-5-13/h1-12H,(H2,21,25,26)(H,22,23,24). The molecular formula is C20H15N3O3S. The van der Waals surface area contributed by atoms with Crippen molar-refractivity contribution >= 4 is 20.9 Å². The molecule has 1 heterocycles. The maximum Gasteiger partial charge on any atom is 0.259 e. The maximum absolute atomic E-state index is 12.6. The van der Waals surface area contributed by atoms with E-state index in [4.69, 9.17) is 5.14 Å². The van der Waals surface area contributed by atoms with E-state index in [-0.39, 0.29) is 10.5 Å². The summed E-state index contributed by atoms with van der Waals surface area (Å²) in [6, 6.07) is 21.2. The highest BCUT2D eigenvalue weighted by atomic mass is 32.2. The van der Waals surface area contributed by atoms with Crippen LogP contribution in [0.4, 0.5) is 0 Å². The summed E-state index contributed by atoms with van der Waals surface area (Å²) in [4.78, 5) is 19.8. The van der Waals surface area contributed by atoms with Crippen LogP contribution in [0, 0.1) is 0 Å². The van der Waals surface area contributed by atoms with Gasteiger partial charge in [0.1, 0.15) is 5.82 Å². The third kappa shape index (κ3) is 3.38. The normalized spacial score (nSPS) is 11.6. The van der Waals surface area contributed by atoms with Crippen LogP contribution in [0.5, 0.6) is 0 Å². The Morgan fingerprint density at radius 1 is 0.815 bits per heavy atom. The van der Waals surface area contributed by atoms with Gasteiger partial charge in [-0.2, -0.15) is 0 Å². The van der Waals surface area contributed by atoms with E-state index >= 15 is 0 Å². The van der Waals surface area contributed by atoms with E-state index in [1.54, 1.807) is 18.2 Å². The first-order valence-electron chi connectivity index (χ1n) is 8.14. The summed E-state index contributed by atoms with van der Waals surface area (Å²) in [7, 11) is -3.77. The van der Waals surface area contributed by atoms with Crippen LogP contribution in [0.2, 0.25) is 0 Å². The lowest BCUT2D eigenvalue weighted by molar-refractivity contribution is 0.598. The number of sulfonamides is 1. The monoisotopic (exact) mass is 377 g/mol. The number of benzene rings is 3. The van der Waals surface area contributed by atoms with Gasteiger partial charge in [0.25, 0.3) is 5.56 Å². The minimum Gasteiger partial charge on any atom is -0.306 e. The highest BCUT2D eigenvalue weighted by Crippen LogP contribution is 2.23.